The van der Waals surface area contributed by atoms with Crippen LogP contribution in [0.5, 0.6) is 0 Å². The van der Waals surface area contributed by atoms with Crippen molar-refractivity contribution in [2.24, 2.45) is 0 Å². The first-order valence-corrected chi connectivity index (χ1v) is 1.70. The minimum Gasteiger partial charge on any atom is -0.857 e. The van der Waals surface area contributed by atoms with Crippen LogP contribution in [0, 0.1) is 0 Å². The van der Waals surface area contributed by atoms with E-state index in [9.17, 15) is 0 Å². The van der Waals surface area contributed by atoms with Gasteiger partial charge in [0.05, 0.1) is 0 Å². The molecule has 0 aliphatic rings. The fourth-order valence-corrected chi connectivity index (χ4v) is 0.167. The summed E-state index contributed by atoms with van der Waals surface area (Å²) in [6.45, 7) is 0. The van der Waals surface area contributed by atoms with Crippen molar-refractivity contribution in [3.8, 4) is 0 Å². The molecule has 0 aliphatic carbocycles. The van der Waals surface area contributed by atoms with E-state index in [4.69, 9.17) is 5.11 Å². The number of H-pyrrole nitrogens is 1. The number of hydrogen-bond donors (Lipinski definition) is 1. The first kappa shape index (κ1) is 11.0. The molecule has 0 saturated carbocycles. The van der Waals surface area contributed by atoms with Crippen molar-refractivity contribution in [2.75, 3.05) is 7.11 Å². The minimum atomic E-state index is 0. The second kappa shape index (κ2) is 10.2. The van der Waals surface area contributed by atoms with Crippen molar-refractivity contribution in [3.05, 3.63) is 12.7 Å². The molecule has 0 amide bonds. The van der Waals surface area contributed by atoms with Gasteiger partial charge < -0.3 is 5.11 Å². The van der Waals surface area contributed by atoms with Gasteiger partial charge in [-0.3, -0.25) is 5.10 Å². The number of hydrogen-bond acceptors (Lipinski definition) is 3. The Labute approximate surface area is 69.6 Å². The summed E-state index contributed by atoms with van der Waals surface area (Å²) in [4.78, 5) is 3.56. The summed E-state index contributed by atoms with van der Waals surface area (Å²) >= 11 is 0. The molecule has 0 aromatic carbocycles. The summed E-state index contributed by atoms with van der Waals surface area (Å²) in [7, 11) is 0.750. The third-order valence-electron chi connectivity index (χ3n) is 0.331. The van der Waals surface area contributed by atoms with Gasteiger partial charge in [0.2, 0.25) is 0 Å². The van der Waals surface area contributed by atoms with Crippen LogP contribution in [0.25, 0.3) is 0 Å². The van der Waals surface area contributed by atoms with Crippen molar-refractivity contribution in [3.63, 3.8) is 0 Å². The van der Waals surface area contributed by atoms with E-state index in [-0.39, 0.29) is 29.6 Å². The quantitative estimate of drug-likeness (QED) is 0.356. The van der Waals surface area contributed by atoms with E-state index in [1.165, 1.54) is 12.7 Å². The predicted molar refractivity (Wildman–Crippen MR) is 22.3 cm³/mol. The van der Waals surface area contributed by atoms with Gasteiger partial charge in [-0.1, -0.05) is 0 Å². The molecule has 8 heavy (non-hydrogen) atoms. The van der Waals surface area contributed by atoms with Crippen LogP contribution in [-0.2, 0) is 0 Å². The molecule has 0 saturated heterocycles. The van der Waals surface area contributed by atoms with Crippen LogP contribution in [-0.4, -0.2) is 22.3 Å². The van der Waals surface area contributed by atoms with Gasteiger partial charge in [-0.25, -0.2) is 4.98 Å². The summed E-state index contributed by atoms with van der Waals surface area (Å²) < 4.78 is 0. The molecule has 1 aromatic heterocycles. The van der Waals surface area contributed by atoms with Gasteiger partial charge in [0.25, 0.3) is 0 Å². The fourth-order valence-electron chi connectivity index (χ4n) is 0.167. The molecule has 4 nitrogen and oxygen atoms in total. The topological polar surface area (TPSA) is 64.6 Å². The molecular weight excluding hydrogens is 117 g/mol. The summed E-state index contributed by atoms with van der Waals surface area (Å²) in [5, 5.41) is 14.2. The second-order valence-corrected chi connectivity index (χ2v) is 0.652. The van der Waals surface area contributed by atoms with Crippen LogP contribution in [0.4, 0.5) is 0 Å². The number of nitrogens with zero attached hydrogens (tertiary/aromatic N) is 2. The predicted octanol–water partition coefficient (Wildman–Crippen LogP) is -4.21. The van der Waals surface area contributed by atoms with Crippen LogP contribution in [0.15, 0.2) is 12.7 Å². The molecule has 1 rings (SSSR count). The maximum Gasteiger partial charge on any atom is 1.00 e. The van der Waals surface area contributed by atoms with Crippen molar-refractivity contribution in [1.82, 2.24) is 15.2 Å². The van der Waals surface area contributed by atoms with E-state index in [2.05, 4.69) is 15.2 Å². The minimum absolute atomic E-state index is 0. The molecule has 1 aromatic rings. The molecule has 0 aliphatic heterocycles. The second-order valence-electron chi connectivity index (χ2n) is 0.652. The third kappa shape index (κ3) is 6.10. The number of aromatic nitrogens is 3. The summed E-state index contributed by atoms with van der Waals surface area (Å²) in [6, 6.07) is 0. The smallest absolute Gasteiger partial charge is 0.857 e. The zero-order valence-corrected chi connectivity index (χ0v) is 6.96. The van der Waals surface area contributed by atoms with Crippen molar-refractivity contribution >= 4 is 0 Å². The monoisotopic (exact) mass is 123 g/mol. The van der Waals surface area contributed by atoms with Crippen molar-refractivity contribution in [2.45, 2.75) is 0 Å². The average Bonchev–Trinajstić information content (AvgIpc) is 2.23. The first-order valence-electron chi connectivity index (χ1n) is 1.70. The van der Waals surface area contributed by atoms with Crippen molar-refractivity contribution < 1.29 is 34.7 Å². The standard InChI is InChI=1S/C2H3N3.CH3O.Na/c1-3-2-5-4-1;1-2;/h1-2H,(H,3,4,5);1H3;/q;-1;+1. The van der Waals surface area contributed by atoms with Gasteiger partial charge in [0, 0.05) is 0 Å². The zero-order chi connectivity index (χ0) is 5.54. The molecule has 0 atom stereocenters. The molecule has 40 valence electrons. The Morgan fingerprint density at radius 2 is 2.12 bits per heavy atom. The van der Waals surface area contributed by atoms with E-state index >= 15 is 0 Å². The van der Waals surface area contributed by atoms with Crippen LogP contribution in [0.1, 0.15) is 0 Å². The number of nitrogens with one attached hydrogen (secondary N) is 1. The molecule has 5 heteroatoms. The van der Waals surface area contributed by atoms with E-state index < -0.39 is 0 Å². The number of aromatic amines is 1. The normalized spacial score (nSPS) is 5.75. The van der Waals surface area contributed by atoms with Crippen LogP contribution in [0.2, 0.25) is 0 Å². The maximum absolute atomic E-state index is 8.25. The van der Waals surface area contributed by atoms with Gasteiger partial charge >= 0.3 is 29.6 Å². The Bertz CT molecular complexity index is 71.0. The molecule has 0 unspecified atom stereocenters. The number of rotatable bonds is 0. The fraction of sp³-hybridized carbons (Fsp3) is 0.333. The molecule has 0 radical (unpaired) electrons. The summed E-state index contributed by atoms with van der Waals surface area (Å²) in [6.07, 6.45) is 2.96. The molecule has 0 fully saturated rings. The molecule has 0 spiro atoms. The summed E-state index contributed by atoms with van der Waals surface area (Å²) in [5.41, 5.74) is 0. The average molecular weight is 123 g/mol. The van der Waals surface area contributed by atoms with E-state index in [0.29, 0.717) is 0 Å². The molecule has 0 bridgehead atoms. The summed E-state index contributed by atoms with van der Waals surface area (Å²) in [5.74, 6) is 0. The Balaban J connectivity index is 0. The first-order chi connectivity index (χ1) is 3.50. The third-order valence-corrected chi connectivity index (χ3v) is 0.331. The van der Waals surface area contributed by atoms with Gasteiger partial charge in [-0.05, 0) is 0 Å². The van der Waals surface area contributed by atoms with E-state index in [0.717, 1.165) is 7.11 Å². The van der Waals surface area contributed by atoms with Crippen molar-refractivity contribution in [1.29, 1.82) is 0 Å². The van der Waals surface area contributed by atoms with E-state index in [1.54, 1.807) is 0 Å². The van der Waals surface area contributed by atoms with Gasteiger partial charge in [0.1, 0.15) is 12.7 Å². The Morgan fingerprint density at radius 3 is 2.25 bits per heavy atom. The SMILES string of the molecule is C[O-].[Na+].c1nc[nH]n1. The largest absolute Gasteiger partial charge is 1.00 e. The van der Waals surface area contributed by atoms with Crippen LogP contribution in [0.3, 0.4) is 0 Å². The Hall–Kier alpha value is 0.1000. The van der Waals surface area contributed by atoms with Gasteiger partial charge in [-0.2, -0.15) is 12.2 Å². The zero-order valence-electron chi connectivity index (χ0n) is 4.96. The maximum atomic E-state index is 8.25. The van der Waals surface area contributed by atoms with E-state index in [1.807, 2.05) is 0 Å². The molecular formula is C3H6N3NaO. The van der Waals surface area contributed by atoms with Crippen LogP contribution < -0.4 is 34.7 Å². The molecule has 1 heterocycles. The van der Waals surface area contributed by atoms with Gasteiger partial charge in [0.15, 0.2) is 0 Å². The Morgan fingerprint density at radius 1 is 1.50 bits per heavy atom. The molecule has 1 N–H and O–H groups in total. The van der Waals surface area contributed by atoms with Gasteiger partial charge in [-0.15, -0.1) is 0 Å². The van der Waals surface area contributed by atoms with Crippen LogP contribution >= 0.6 is 0 Å². The Kier molecular flexibility index (Phi) is 13.9.